The first-order valence-electron chi connectivity index (χ1n) is 11.3. The maximum atomic E-state index is 13.1. The maximum absolute atomic E-state index is 13.1. The van der Waals surface area contributed by atoms with Crippen LogP contribution in [0, 0.1) is 6.92 Å². The number of amides is 1. The van der Waals surface area contributed by atoms with Crippen molar-refractivity contribution in [3.63, 3.8) is 0 Å². The minimum Gasteiger partial charge on any atom is -0.394 e. The SMILES string of the molecule is Cc1ccc(NC(=O)c2cccc(C(F)(F)F)c2)cc1N(c1cc(NCC(O)CO)ncn1)c1ncn[nH]1. The fourth-order valence-electron chi connectivity index (χ4n) is 3.47. The quantitative estimate of drug-likeness (QED) is 0.220. The van der Waals surface area contributed by atoms with Crippen LogP contribution in [0.4, 0.5) is 42.1 Å². The minimum atomic E-state index is -4.58. The number of benzene rings is 2. The van der Waals surface area contributed by atoms with Gasteiger partial charge >= 0.3 is 6.18 Å². The van der Waals surface area contributed by atoms with Crippen molar-refractivity contribution >= 4 is 34.9 Å². The first kappa shape index (κ1) is 26.5. The molecule has 0 radical (unpaired) electrons. The van der Waals surface area contributed by atoms with E-state index in [9.17, 15) is 23.1 Å². The molecule has 4 rings (SSSR count). The predicted octanol–water partition coefficient (Wildman–Crippen LogP) is 3.41. The number of aryl methyl sites for hydroxylation is 1. The minimum absolute atomic E-state index is 0.0470. The molecular formula is C24H23F3N8O3. The molecule has 0 fully saturated rings. The second-order valence-corrected chi connectivity index (χ2v) is 8.16. The summed E-state index contributed by atoms with van der Waals surface area (Å²) in [6.45, 7) is 1.44. The van der Waals surface area contributed by atoms with Gasteiger partial charge in [0.15, 0.2) is 0 Å². The van der Waals surface area contributed by atoms with E-state index in [2.05, 4.69) is 35.8 Å². The molecule has 2 heterocycles. The molecule has 0 spiro atoms. The number of hydrogen-bond donors (Lipinski definition) is 5. The van der Waals surface area contributed by atoms with E-state index in [0.717, 1.165) is 17.7 Å². The Morgan fingerprint density at radius 3 is 2.63 bits per heavy atom. The van der Waals surface area contributed by atoms with E-state index in [-0.39, 0.29) is 18.1 Å². The van der Waals surface area contributed by atoms with Crippen LogP contribution < -0.4 is 15.5 Å². The van der Waals surface area contributed by atoms with Crippen LogP contribution in [0.15, 0.2) is 61.2 Å². The number of anilines is 5. The van der Waals surface area contributed by atoms with Crippen molar-refractivity contribution < 1.29 is 28.2 Å². The van der Waals surface area contributed by atoms with Crippen molar-refractivity contribution in [2.45, 2.75) is 19.2 Å². The summed E-state index contributed by atoms with van der Waals surface area (Å²) in [7, 11) is 0. The molecule has 198 valence electrons. The molecule has 2 aromatic heterocycles. The highest BCUT2D eigenvalue weighted by molar-refractivity contribution is 6.04. The summed E-state index contributed by atoms with van der Waals surface area (Å²) in [4.78, 5) is 27.0. The topological polar surface area (TPSA) is 152 Å². The average molecular weight is 528 g/mol. The smallest absolute Gasteiger partial charge is 0.394 e. The normalized spacial score (nSPS) is 12.2. The number of nitrogens with one attached hydrogen (secondary N) is 3. The Balaban J connectivity index is 1.66. The Morgan fingerprint density at radius 1 is 1.11 bits per heavy atom. The summed E-state index contributed by atoms with van der Waals surface area (Å²) < 4.78 is 39.3. The van der Waals surface area contributed by atoms with E-state index < -0.39 is 30.4 Å². The van der Waals surface area contributed by atoms with Crippen molar-refractivity contribution in [2.24, 2.45) is 0 Å². The van der Waals surface area contributed by atoms with Gasteiger partial charge in [0.2, 0.25) is 5.95 Å². The Kier molecular flexibility index (Phi) is 7.83. The molecule has 1 unspecified atom stereocenters. The molecule has 0 saturated heterocycles. The fraction of sp³-hybridized carbons (Fsp3) is 0.208. The van der Waals surface area contributed by atoms with Crippen LogP contribution in [0.5, 0.6) is 0 Å². The van der Waals surface area contributed by atoms with Gasteiger partial charge in [-0.1, -0.05) is 12.1 Å². The number of halogens is 3. The molecule has 4 aromatic rings. The Morgan fingerprint density at radius 2 is 1.92 bits per heavy atom. The molecule has 5 N–H and O–H groups in total. The molecule has 14 heteroatoms. The fourth-order valence-corrected chi connectivity index (χ4v) is 3.47. The lowest BCUT2D eigenvalue weighted by atomic mass is 10.1. The van der Waals surface area contributed by atoms with E-state index in [1.165, 1.54) is 24.8 Å². The van der Waals surface area contributed by atoms with Gasteiger partial charge in [0.05, 0.1) is 24.0 Å². The summed E-state index contributed by atoms with van der Waals surface area (Å²) in [5.74, 6) is 0.281. The van der Waals surface area contributed by atoms with Crippen LogP contribution in [0.2, 0.25) is 0 Å². The lowest BCUT2D eigenvalue weighted by Gasteiger charge is -2.24. The molecule has 1 amide bonds. The summed E-state index contributed by atoms with van der Waals surface area (Å²) in [5.41, 5.74) is 0.526. The number of H-pyrrole nitrogens is 1. The summed E-state index contributed by atoms with van der Waals surface area (Å²) in [6, 6.07) is 10.7. The van der Waals surface area contributed by atoms with Crippen molar-refractivity contribution in [1.82, 2.24) is 25.1 Å². The third kappa shape index (κ3) is 6.22. The van der Waals surface area contributed by atoms with E-state index >= 15 is 0 Å². The van der Waals surface area contributed by atoms with Crippen LogP contribution in [0.3, 0.4) is 0 Å². The Bertz CT molecular complexity index is 1400. The zero-order chi connectivity index (χ0) is 27.3. The lowest BCUT2D eigenvalue weighted by Crippen LogP contribution is -2.23. The third-order valence-electron chi connectivity index (χ3n) is 5.39. The van der Waals surface area contributed by atoms with Crippen molar-refractivity contribution in [3.05, 3.63) is 77.9 Å². The van der Waals surface area contributed by atoms with Crippen molar-refractivity contribution in [1.29, 1.82) is 0 Å². The van der Waals surface area contributed by atoms with Crippen LogP contribution in [-0.4, -0.2) is 60.5 Å². The number of aromatic nitrogens is 5. The molecule has 38 heavy (non-hydrogen) atoms. The van der Waals surface area contributed by atoms with Gasteiger partial charge in [0.1, 0.15) is 24.3 Å². The number of hydrogen-bond acceptors (Lipinski definition) is 9. The number of aromatic amines is 1. The molecule has 0 aliphatic heterocycles. The number of aliphatic hydroxyl groups excluding tert-OH is 2. The number of aliphatic hydroxyl groups is 2. The summed E-state index contributed by atoms with van der Waals surface area (Å²) >= 11 is 0. The predicted molar refractivity (Wildman–Crippen MR) is 132 cm³/mol. The first-order chi connectivity index (χ1) is 18.2. The zero-order valence-electron chi connectivity index (χ0n) is 19.9. The molecule has 0 saturated carbocycles. The van der Waals surface area contributed by atoms with E-state index in [4.69, 9.17) is 5.11 Å². The van der Waals surface area contributed by atoms with Crippen LogP contribution in [-0.2, 0) is 6.18 Å². The van der Waals surface area contributed by atoms with Crippen molar-refractivity contribution in [3.8, 4) is 0 Å². The van der Waals surface area contributed by atoms with Gasteiger partial charge in [-0.25, -0.2) is 15.1 Å². The van der Waals surface area contributed by atoms with Crippen LogP contribution in [0.25, 0.3) is 0 Å². The van der Waals surface area contributed by atoms with Gasteiger partial charge in [0.25, 0.3) is 5.91 Å². The van der Waals surface area contributed by atoms with Crippen LogP contribution >= 0.6 is 0 Å². The van der Waals surface area contributed by atoms with Gasteiger partial charge in [-0.2, -0.15) is 23.3 Å². The average Bonchev–Trinajstić information content (AvgIpc) is 3.43. The number of nitrogens with zero attached hydrogens (tertiary/aromatic N) is 5. The Hall–Kier alpha value is -4.56. The van der Waals surface area contributed by atoms with Gasteiger partial charge in [0, 0.05) is 23.9 Å². The summed E-state index contributed by atoms with van der Waals surface area (Å²) in [5, 5.41) is 30.9. The highest BCUT2D eigenvalue weighted by atomic mass is 19.4. The molecule has 11 nitrogen and oxygen atoms in total. The largest absolute Gasteiger partial charge is 0.416 e. The molecule has 0 bridgehead atoms. The third-order valence-corrected chi connectivity index (χ3v) is 5.39. The van der Waals surface area contributed by atoms with Gasteiger partial charge in [-0.15, -0.1) is 0 Å². The van der Waals surface area contributed by atoms with E-state index in [1.54, 1.807) is 29.2 Å². The standard InChI is InChI=1S/C24H23F3N8O3/c1-14-5-6-17(33-22(38)15-3-2-4-16(7-15)24(25,26)27)8-19(14)35(23-31-13-32-34-23)21-9-20(29-12-30-21)28-10-18(37)11-36/h2-9,12-13,18,36-37H,10-11H2,1H3,(H,33,38)(H,28,29,30)(H,31,32,34). The number of carbonyl (C=O) groups is 1. The summed E-state index contributed by atoms with van der Waals surface area (Å²) in [6.07, 6.45) is -2.97. The van der Waals surface area contributed by atoms with Gasteiger partial charge < -0.3 is 20.8 Å². The number of alkyl halides is 3. The van der Waals surface area contributed by atoms with Crippen molar-refractivity contribution in [2.75, 3.05) is 28.7 Å². The molecular weight excluding hydrogens is 505 g/mol. The first-order valence-corrected chi connectivity index (χ1v) is 11.3. The second kappa shape index (κ2) is 11.2. The zero-order valence-corrected chi connectivity index (χ0v) is 19.9. The van der Waals surface area contributed by atoms with E-state index in [0.29, 0.717) is 23.0 Å². The molecule has 0 aliphatic rings. The maximum Gasteiger partial charge on any atom is 0.416 e. The van der Waals surface area contributed by atoms with Gasteiger partial charge in [-0.3, -0.25) is 9.69 Å². The molecule has 0 aliphatic carbocycles. The molecule has 1 atom stereocenters. The Labute approximate surface area is 214 Å². The molecule has 2 aromatic carbocycles. The highest BCUT2D eigenvalue weighted by Crippen LogP contribution is 2.35. The number of rotatable bonds is 9. The monoisotopic (exact) mass is 528 g/mol. The van der Waals surface area contributed by atoms with Gasteiger partial charge in [-0.05, 0) is 42.8 Å². The number of carbonyl (C=O) groups excluding carboxylic acids is 1. The van der Waals surface area contributed by atoms with Crippen LogP contribution in [0.1, 0.15) is 21.5 Å². The van der Waals surface area contributed by atoms with E-state index in [1.807, 2.05) is 6.92 Å². The lowest BCUT2D eigenvalue weighted by molar-refractivity contribution is -0.137. The highest BCUT2D eigenvalue weighted by Gasteiger charge is 2.31. The second-order valence-electron chi connectivity index (χ2n) is 8.16.